The molecule has 0 N–H and O–H groups in total. The third-order valence-corrected chi connectivity index (χ3v) is 3.15. The van der Waals surface area contributed by atoms with Crippen molar-refractivity contribution in [2.45, 2.75) is 34.6 Å². The Labute approximate surface area is 127 Å². The zero-order valence-electron chi connectivity index (χ0n) is 13.6. The van der Waals surface area contributed by atoms with Crippen molar-refractivity contribution in [3.8, 4) is 0 Å². The topological polar surface area (TPSA) is 26.3 Å². The van der Waals surface area contributed by atoms with E-state index in [1.54, 1.807) is 0 Å². The van der Waals surface area contributed by atoms with Crippen molar-refractivity contribution in [2.75, 3.05) is 6.61 Å². The lowest BCUT2D eigenvalue weighted by Crippen LogP contribution is -2.08. The zero-order valence-corrected chi connectivity index (χ0v) is 13.6. The van der Waals surface area contributed by atoms with Gasteiger partial charge in [-0.15, -0.1) is 0 Å². The number of ether oxygens (including phenoxy) is 1. The van der Waals surface area contributed by atoms with E-state index in [9.17, 15) is 4.79 Å². The molecule has 0 unspecified atom stereocenters. The van der Waals surface area contributed by atoms with Crippen molar-refractivity contribution >= 4 is 11.5 Å². The predicted octanol–water partition coefficient (Wildman–Crippen LogP) is 4.85. The number of allylic oxidation sites excluding steroid dienone is 3. The molecule has 0 aromatic heterocycles. The summed E-state index contributed by atoms with van der Waals surface area (Å²) in [6.45, 7) is 14.0. The monoisotopic (exact) mass is 284 g/mol. The molecule has 0 saturated carbocycles. The molecule has 0 saturated heterocycles. The first-order chi connectivity index (χ1) is 9.86. The Morgan fingerprint density at radius 1 is 1.19 bits per heavy atom. The largest absolute Gasteiger partial charge is 0.462 e. The molecule has 0 radical (unpaired) electrons. The highest BCUT2D eigenvalue weighted by atomic mass is 16.5. The highest BCUT2D eigenvalue weighted by molar-refractivity contribution is 5.96. The SMILES string of the molecule is C=C(C)C(=CC(C(=O)OCC)=C(C)C)c1ccc(C)cc1. The van der Waals surface area contributed by atoms with Gasteiger partial charge in [-0.1, -0.05) is 47.6 Å². The number of benzene rings is 1. The lowest BCUT2D eigenvalue weighted by molar-refractivity contribution is -0.138. The minimum absolute atomic E-state index is 0.289. The summed E-state index contributed by atoms with van der Waals surface area (Å²) in [6.07, 6.45) is 1.88. The molecule has 0 spiro atoms. The zero-order chi connectivity index (χ0) is 16.0. The number of carbonyl (C=O) groups excluding carboxylic acids is 1. The molecule has 0 bridgehead atoms. The Balaban J connectivity index is 3.32. The fraction of sp³-hybridized carbons (Fsp3) is 0.316. The van der Waals surface area contributed by atoms with E-state index in [0.717, 1.165) is 22.3 Å². The van der Waals surface area contributed by atoms with Crippen LogP contribution in [0.1, 0.15) is 38.8 Å². The maximum absolute atomic E-state index is 12.1. The van der Waals surface area contributed by atoms with Crippen LogP contribution in [-0.2, 0) is 9.53 Å². The summed E-state index contributed by atoms with van der Waals surface area (Å²) in [5.74, 6) is -0.289. The highest BCUT2D eigenvalue weighted by Crippen LogP contribution is 2.25. The fourth-order valence-corrected chi connectivity index (χ4v) is 1.95. The summed E-state index contributed by atoms with van der Waals surface area (Å²) in [6, 6.07) is 8.20. The van der Waals surface area contributed by atoms with Gasteiger partial charge in [0, 0.05) is 0 Å². The number of rotatable bonds is 5. The second-order valence-electron chi connectivity index (χ2n) is 5.34. The second kappa shape index (κ2) is 7.63. The van der Waals surface area contributed by atoms with Gasteiger partial charge >= 0.3 is 5.97 Å². The van der Waals surface area contributed by atoms with E-state index in [4.69, 9.17) is 4.74 Å². The molecule has 0 heterocycles. The summed E-state index contributed by atoms with van der Waals surface area (Å²) < 4.78 is 5.13. The van der Waals surface area contributed by atoms with Gasteiger partial charge in [-0.2, -0.15) is 0 Å². The second-order valence-corrected chi connectivity index (χ2v) is 5.34. The summed E-state index contributed by atoms with van der Waals surface area (Å²) in [7, 11) is 0. The van der Waals surface area contributed by atoms with Crippen LogP contribution in [0.5, 0.6) is 0 Å². The number of esters is 1. The van der Waals surface area contributed by atoms with Gasteiger partial charge in [-0.25, -0.2) is 4.79 Å². The minimum atomic E-state index is -0.289. The highest BCUT2D eigenvalue weighted by Gasteiger charge is 2.12. The Morgan fingerprint density at radius 2 is 1.76 bits per heavy atom. The van der Waals surface area contributed by atoms with E-state index in [1.807, 2.05) is 52.8 Å². The standard InChI is InChI=1S/C19H24O2/c1-7-21-19(20)18(14(4)5)12-17(13(2)3)16-10-8-15(6)9-11-16/h8-12H,2,7H2,1,3-6H3. The van der Waals surface area contributed by atoms with Gasteiger partial charge in [-0.3, -0.25) is 0 Å². The predicted molar refractivity (Wildman–Crippen MR) is 89.0 cm³/mol. The molecular weight excluding hydrogens is 260 g/mol. The molecule has 2 nitrogen and oxygen atoms in total. The Kier molecular flexibility index (Phi) is 6.16. The molecule has 2 heteroatoms. The van der Waals surface area contributed by atoms with Gasteiger partial charge in [0.25, 0.3) is 0 Å². The average Bonchev–Trinajstić information content (AvgIpc) is 2.40. The van der Waals surface area contributed by atoms with Crippen molar-refractivity contribution in [1.29, 1.82) is 0 Å². The Bertz CT molecular complexity index is 582. The molecule has 1 rings (SSSR count). The van der Waals surface area contributed by atoms with Crippen LogP contribution in [-0.4, -0.2) is 12.6 Å². The van der Waals surface area contributed by atoms with Crippen molar-refractivity contribution in [3.63, 3.8) is 0 Å². The van der Waals surface area contributed by atoms with E-state index in [0.29, 0.717) is 12.2 Å². The van der Waals surface area contributed by atoms with Crippen LogP contribution < -0.4 is 0 Å². The number of carbonyl (C=O) groups is 1. The first-order valence-corrected chi connectivity index (χ1v) is 7.16. The van der Waals surface area contributed by atoms with E-state index in [-0.39, 0.29) is 5.97 Å². The molecule has 0 aliphatic carbocycles. The molecule has 1 aromatic carbocycles. The van der Waals surface area contributed by atoms with Crippen molar-refractivity contribution in [2.24, 2.45) is 0 Å². The lowest BCUT2D eigenvalue weighted by Gasteiger charge is -2.11. The molecule has 21 heavy (non-hydrogen) atoms. The summed E-state index contributed by atoms with van der Waals surface area (Å²) in [4.78, 5) is 12.1. The molecule has 112 valence electrons. The van der Waals surface area contributed by atoms with E-state index < -0.39 is 0 Å². The summed E-state index contributed by atoms with van der Waals surface area (Å²) in [5.41, 5.74) is 5.65. The lowest BCUT2D eigenvalue weighted by atomic mass is 9.95. The normalized spacial score (nSPS) is 11.0. The first-order valence-electron chi connectivity index (χ1n) is 7.16. The fourth-order valence-electron chi connectivity index (χ4n) is 1.95. The first kappa shape index (κ1) is 17.0. The van der Waals surface area contributed by atoms with Gasteiger partial charge in [0.2, 0.25) is 0 Å². The van der Waals surface area contributed by atoms with E-state index in [2.05, 4.69) is 18.7 Å². The van der Waals surface area contributed by atoms with Crippen LogP contribution in [0.2, 0.25) is 0 Å². The van der Waals surface area contributed by atoms with Crippen LogP contribution in [0.25, 0.3) is 5.57 Å². The van der Waals surface area contributed by atoms with Crippen LogP contribution in [0.3, 0.4) is 0 Å². The number of hydrogen-bond donors (Lipinski definition) is 0. The molecule has 0 atom stereocenters. The maximum atomic E-state index is 12.1. The smallest absolute Gasteiger partial charge is 0.338 e. The van der Waals surface area contributed by atoms with Gasteiger partial charge in [0.15, 0.2) is 0 Å². The minimum Gasteiger partial charge on any atom is -0.462 e. The van der Waals surface area contributed by atoms with Gasteiger partial charge < -0.3 is 4.74 Å². The molecular formula is C19H24O2. The Hall–Kier alpha value is -2.09. The van der Waals surface area contributed by atoms with Gasteiger partial charge in [-0.05, 0) is 51.8 Å². The third-order valence-electron chi connectivity index (χ3n) is 3.15. The quantitative estimate of drug-likeness (QED) is 0.439. The van der Waals surface area contributed by atoms with Crippen molar-refractivity contribution in [1.82, 2.24) is 0 Å². The van der Waals surface area contributed by atoms with Crippen molar-refractivity contribution in [3.05, 3.63) is 64.8 Å². The van der Waals surface area contributed by atoms with Gasteiger partial charge in [0.1, 0.15) is 0 Å². The number of aryl methyl sites for hydroxylation is 1. The summed E-state index contributed by atoms with van der Waals surface area (Å²) in [5, 5.41) is 0. The molecule has 1 aromatic rings. The number of hydrogen-bond acceptors (Lipinski definition) is 2. The van der Waals surface area contributed by atoms with Crippen molar-refractivity contribution < 1.29 is 9.53 Å². The molecule has 0 fully saturated rings. The molecule has 0 amide bonds. The van der Waals surface area contributed by atoms with Crippen LogP contribution >= 0.6 is 0 Å². The van der Waals surface area contributed by atoms with Gasteiger partial charge in [0.05, 0.1) is 12.2 Å². The van der Waals surface area contributed by atoms with Crippen LogP contribution in [0.15, 0.2) is 53.6 Å². The maximum Gasteiger partial charge on any atom is 0.338 e. The molecule has 0 aliphatic heterocycles. The van der Waals surface area contributed by atoms with Crippen LogP contribution in [0, 0.1) is 6.92 Å². The average molecular weight is 284 g/mol. The summed E-state index contributed by atoms with van der Waals surface area (Å²) >= 11 is 0. The third kappa shape index (κ3) is 4.75. The van der Waals surface area contributed by atoms with Crippen LogP contribution in [0.4, 0.5) is 0 Å². The van der Waals surface area contributed by atoms with E-state index in [1.165, 1.54) is 5.56 Å². The molecule has 0 aliphatic rings. The van der Waals surface area contributed by atoms with E-state index >= 15 is 0 Å². The Morgan fingerprint density at radius 3 is 2.19 bits per heavy atom.